The van der Waals surface area contributed by atoms with Gasteiger partial charge in [0.1, 0.15) is 17.3 Å². The highest BCUT2D eigenvalue weighted by molar-refractivity contribution is 5.89. The first-order chi connectivity index (χ1) is 9.02. The number of carbonyl (C=O) groups is 1. The molecule has 0 atom stereocenters. The molecule has 2 rings (SSSR count). The molecule has 2 aromatic rings. The fourth-order valence-electron chi connectivity index (χ4n) is 1.73. The highest BCUT2D eigenvalue weighted by Gasteiger charge is 2.13. The van der Waals surface area contributed by atoms with Gasteiger partial charge in [0.25, 0.3) is 0 Å². The fraction of sp³-hybridized carbons (Fsp3) is 0.0714. The highest BCUT2D eigenvalue weighted by Crippen LogP contribution is 2.33. The molecular weight excluding hydrogens is 251 g/mol. The summed E-state index contributed by atoms with van der Waals surface area (Å²) in [6, 6.07) is 7.97. The third-order valence-corrected chi connectivity index (χ3v) is 2.71. The van der Waals surface area contributed by atoms with E-state index in [4.69, 9.17) is 9.84 Å². The number of halogens is 1. The van der Waals surface area contributed by atoms with Crippen LogP contribution in [0, 0.1) is 5.82 Å². The van der Waals surface area contributed by atoms with Gasteiger partial charge in [0.05, 0.1) is 12.7 Å². The summed E-state index contributed by atoms with van der Waals surface area (Å²) >= 11 is 0. The van der Waals surface area contributed by atoms with Crippen LogP contribution in [0.3, 0.4) is 0 Å². The summed E-state index contributed by atoms with van der Waals surface area (Å²) < 4.78 is 18.7. The minimum absolute atomic E-state index is 0.0600. The Labute approximate surface area is 108 Å². The largest absolute Gasteiger partial charge is 0.507 e. The predicted molar refractivity (Wildman–Crippen MR) is 67.0 cm³/mol. The maximum atomic E-state index is 13.9. The molecule has 4 nitrogen and oxygen atoms in total. The summed E-state index contributed by atoms with van der Waals surface area (Å²) in [5, 5.41) is 18.6. The van der Waals surface area contributed by atoms with Gasteiger partial charge in [-0.3, -0.25) is 0 Å². The van der Waals surface area contributed by atoms with E-state index >= 15 is 0 Å². The summed E-state index contributed by atoms with van der Waals surface area (Å²) in [5.74, 6) is -1.64. The van der Waals surface area contributed by atoms with Gasteiger partial charge in [-0.1, -0.05) is 0 Å². The smallest absolute Gasteiger partial charge is 0.335 e. The quantitative estimate of drug-likeness (QED) is 0.892. The Morgan fingerprint density at radius 3 is 2.37 bits per heavy atom. The summed E-state index contributed by atoms with van der Waals surface area (Å²) in [6.07, 6.45) is 0. The van der Waals surface area contributed by atoms with E-state index < -0.39 is 11.8 Å². The summed E-state index contributed by atoms with van der Waals surface area (Å²) in [6.45, 7) is 0. The van der Waals surface area contributed by atoms with Crippen molar-refractivity contribution in [2.75, 3.05) is 7.11 Å². The fourth-order valence-corrected chi connectivity index (χ4v) is 1.73. The number of phenolic OH excluding ortho intramolecular Hbond substituents is 1. The number of aromatic hydroxyl groups is 1. The number of carboxylic acid groups (broad SMARTS) is 1. The molecule has 0 aliphatic heterocycles. The van der Waals surface area contributed by atoms with Crippen LogP contribution in [-0.4, -0.2) is 23.3 Å². The van der Waals surface area contributed by atoms with Crippen LogP contribution in [0.2, 0.25) is 0 Å². The Hall–Kier alpha value is -2.56. The van der Waals surface area contributed by atoms with Gasteiger partial charge in [0.15, 0.2) is 0 Å². The second kappa shape index (κ2) is 4.97. The summed E-state index contributed by atoms with van der Waals surface area (Å²) in [7, 11) is 1.42. The SMILES string of the molecule is COc1ccc(-c2ccc(C(=O)O)cc2O)c(F)c1. The normalized spacial score (nSPS) is 10.2. The van der Waals surface area contributed by atoms with Gasteiger partial charge in [-0.25, -0.2) is 9.18 Å². The number of hydrogen-bond donors (Lipinski definition) is 2. The Bertz CT molecular complexity index is 637. The molecule has 0 spiro atoms. The van der Waals surface area contributed by atoms with E-state index in [1.54, 1.807) is 6.07 Å². The minimum atomic E-state index is -1.16. The Morgan fingerprint density at radius 2 is 1.84 bits per heavy atom. The van der Waals surface area contributed by atoms with Crippen molar-refractivity contribution in [3.63, 3.8) is 0 Å². The van der Waals surface area contributed by atoms with Crippen LogP contribution >= 0.6 is 0 Å². The third kappa shape index (κ3) is 2.49. The Balaban J connectivity index is 2.50. The van der Waals surface area contributed by atoms with Gasteiger partial charge in [-0.2, -0.15) is 0 Å². The van der Waals surface area contributed by atoms with E-state index in [1.807, 2.05) is 0 Å². The first kappa shape index (κ1) is 12.9. The van der Waals surface area contributed by atoms with Gasteiger partial charge in [-0.05, 0) is 30.3 Å². The second-order valence-electron chi connectivity index (χ2n) is 3.88. The number of hydrogen-bond acceptors (Lipinski definition) is 3. The predicted octanol–water partition coefficient (Wildman–Crippen LogP) is 2.91. The molecule has 19 heavy (non-hydrogen) atoms. The highest BCUT2D eigenvalue weighted by atomic mass is 19.1. The van der Waals surface area contributed by atoms with E-state index in [1.165, 1.54) is 31.4 Å². The molecule has 0 aliphatic rings. The van der Waals surface area contributed by atoms with E-state index in [-0.39, 0.29) is 22.4 Å². The molecule has 0 saturated heterocycles. The van der Waals surface area contributed by atoms with Crippen molar-refractivity contribution >= 4 is 5.97 Å². The molecule has 98 valence electrons. The molecular formula is C14H11FO4. The molecule has 0 radical (unpaired) electrons. The zero-order chi connectivity index (χ0) is 14.0. The number of phenols is 1. The molecule has 2 aromatic carbocycles. The molecule has 0 aromatic heterocycles. The van der Waals surface area contributed by atoms with Gasteiger partial charge in [-0.15, -0.1) is 0 Å². The van der Waals surface area contributed by atoms with Crippen molar-refractivity contribution in [2.24, 2.45) is 0 Å². The van der Waals surface area contributed by atoms with Crippen molar-refractivity contribution in [1.82, 2.24) is 0 Å². The number of rotatable bonds is 3. The van der Waals surface area contributed by atoms with Crippen LogP contribution < -0.4 is 4.74 Å². The molecule has 5 heteroatoms. The van der Waals surface area contributed by atoms with Gasteiger partial charge < -0.3 is 14.9 Å². The van der Waals surface area contributed by atoms with E-state index in [2.05, 4.69) is 0 Å². The molecule has 0 saturated carbocycles. The zero-order valence-electron chi connectivity index (χ0n) is 10.1. The molecule has 0 bridgehead atoms. The first-order valence-electron chi connectivity index (χ1n) is 5.43. The van der Waals surface area contributed by atoms with Crippen LogP contribution in [0.5, 0.6) is 11.5 Å². The average Bonchev–Trinajstić information content (AvgIpc) is 2.39. The number of aromatic carboxylic acids is 1. The Morgan fingerprint density at radius 1 is 1.16 bits per heavy atom. The van der Waals surface area contributed by atoms with E-state index in [0.29, 0.717) is 5.75 Å². The molecule has 2 N–H and O–H groups in total. The Kier molecular flexibility index (Phi) is 3.37. The summed E-state index contributed by atoms with van der Waals surface area (Å²) in [5.41, 5.74) is 0.343. The topological polar surface area (TPSA) is 66.8 Å². The second-order valence-corrected chi connectivity index (χ2v) is 3.88. The van der Waals surface area contributed by atoms with Crippen LogP contribution in [0.1, 0.15) is 10.4 Å². The van der Waals surface area contributed by atoms with Crippen LogP contribution in [0.15, 0.2) is 36.4 Å². The van der Waals surface area contributed by atoms with Crippen molar-refractivity contribution in [3.05, 3.63) is 47.8 Å². The maximum Gasteiger partial charge on any atom is 0.335 e. The number of carboxylic acids is 1. The lowest BCUT2D eigenvalue weighted by molar-refractivity contribution is 0.0696. The average molecular weight is 262 g/mol. The molecule has 0 heterocycles. The van der Waals surface area contributed by atoms with Gasteiger partial charge in [0.2, 0.25) is 0 Å². The van der Waals surface area contributed by atoms with E-state index in [0.717, 1.165) is 6.07 Å². The lowest BCUT2D eigenvalue weighted by atomic mass is 10.0. The van der Waals surface area contributed by atoms with E-state index in [9.17, 15) is 14.3 Å². The monoisotopic (exact) mass is 262 g/mol. The van der Waals surface area contributed by atoms with Crippen molar-refractivity contribution in [3.8, 4) is 22.6 Å². The number of methoxy groups -OCH3 is 1. The third-order valence-electron chi connectivity index (χ3n) is 2.71. The van der Waals surface area contributed by atoms with Crippen molar-refractivity contribution in [2.45, 2.75) is 0 Å². The first-order valence-corrected chi connectivity index (χ1v) is 5.43. The minimum Gasteiger partial charge on any atom is -0.507 e. The molecule has 0 unspecified atom stereocenters. The number of benzene rings is 2. The molecule has 0 aliphatic carbocycles. The lowest BCUT2D eigenvalue weighted by Crippen LogP contribution is -1.96. The van der Waals surface area contributed by atoms with Crippen LogP contribution in [0.25, 0.3) is 11.1 Å². The van der Waals surface area contributed by atoms with Gasteiger partial charge >= 0.3 is 5.97 Å². The lowest BCUT2D eigenvalue weighted by Gasteiger charge is -2.08. The summed E-state index contributed by atoms with van der Waals surface area (Å²) in [4.78, 5) is 10.7. The standard InChI is InChI=1S/C14H11FO4/c1-19-9-3-5-10(12(15)7-9)11-4-2-8(14(17)18)6-13(11)16/h2-7,16H,1H3,(H,17,18). The van der Waals surface area contributed by atoms with Crippen LogP contribution in [0.4, 0.5) is 4.39 Å². The maximum absolute atomic E-state index is 13.9. The van der Waals surface area contributed by atoms with Crippen molar-refractivity contribution < 1.29 is 24.1 Å². The van der Waals surface area contributed by atoms with Crippen molar-refractivity contribution in [1.29, 1.82) is 0 Å². The molecule has 0 amide bonds. The van der Waals surface area contributed by atoms with Gasteiger partial charge in [0, 0.05) is 17.2 Å². The van der Waals surface area contributed by atoms with Crippen LogP contribution in [-0.2, 0) is 0 Å². The number of ether oxygens (including phenoxy) is 1. The zero-order valence-corrected chi connectivity index (χ0v) is 10.1. The molecule has 0 fully saturated rings.